The molecule has 1 fully saturated rings. The van der Waals surface area contributed by atoms with E-state index in [2.05, 4.69) is 31.0 Å². The zero-order valence-corrected chi connectivity index (χ0v) is 17.2. The maximum Gasteiger partial charge on any atom is 0.285 e. The Bertz CT molecular complexity index is 1080. The summed E-state index contributed by atoms with van der Waals surface area (Å²) in [6.45, 7) is 1.88. The molecule has 2 N–H and O–H groups in total. The van der Waals surface area contributed by atoms with Crippen molar-refractivity contribution in [3.63, 3.8) is 0 Å². The second-order valence-electron chi connectivity index (χ2n) is 6.51. The van der Waals surface area contributed by atoms with Crippen LogP contribution in [-0.4, -0.2) is 31.4 Å². The van der Waals surface area contributed by atoms with Crippen molar-refractivity contribution < 1.29 is 13.2 Å². The number of carbonyl (C=O) groups excluding carboxylic acids is 1. The Balaban J connectivity index is 1.79. The molecule has 2 aromatic rings. The van der Waals surface area contributed by atoms with Crippen LogP contribution in [0.3, 0.4) is 0 Å². The van der Waals surface area contributed by atoms with Crippen LogP contribution in [-0.2, 0) is 14.8 Å². The number of halogens is 1. The Morgan fingerprint density at radius 3 is 2.43 bits per heavy atom. The monoisotopic (exact) mass is 460 g/mol. The highest BCUT2D eigenvalue weighted by atomic mass is 79.9. The number of amides is 1. The van der Waals surface area contributed by atoms with E-state index in [9.17, 15) is 13.2 Å². The molecule has 2 atom stereocenters. The Labute approximate surface area is 171 Å². The second-order valence-corrected chi connectivity index (χ2v) is 9.03. The third kappa shape index (κ3) is 3.31. The van der Waals surface area contributed by atoms with Gasteiger partial charge in [-0.15, -0.1) is 4.40 Å². The van der Waals surface area contributed by atoms with Gasteiger partial charge in [0.1, 0.15) is 12.2 Å². The molecule has 28 heavy (non-hydrogen) atoms. The molecule has 0 bridgehead atoms. The van der Waals surface area contributed by atoms with Crippen LogP contribution in [0.2, 0.25) is 0 Å². The molecule has 2 aliphatic heterocycles. The van der Waals surface area contributed by atoms with Crippen molar-refractivity contribution in [3.8, 4) is 0 Å². The van der Waals surface area contributed by atoms with Crippen molar-refractivity contribution >= 4 is 37.8 Å². The van der Waals surface area contributed by atoms with Crippen molar-refractivity contribution in [3.05, 3.63) is 76.4 Å². The van der Waals surface area contributed by atoms with Gasteiger partial charge in [0.25, 0.3) is 10.0 Å². The summed E-state index contributed by atoms with van der Waals surface area (Å²) in [5.41, 5.74) is 1.69. The first-order valence-corrected chi connectivity index (χ1v) is 10.8. The van der Waals surface area contributed by atoms with Crippen LogP contribution in [0, 0.1) is 6.92 Å². The summed E-state index contributed by atoms with van der Waals surface area (Å²) < 4.78 is 30.3. The summed E-state index contributed by atoms with van der Waals surface area (Å²) in [6, 6.07) is 14.9. The van der Waals surface area contributed by atoms with Crippen molar-refractivity contribution in [1.82, 2.24) is 15.5 Å². The van der Waals surface area contributed by atoms with Crippen molar-refractivity contribution in [2.75, 3.05) is 0 Å². The molecule has 0 radical (unpaired) electrons. The number of rotatable bonds is 3. The van der Waals surface area contributed by atoms with Crippen molar-refractivity contribution in [2.24, 2.45) is 4.40 Å². The number of nitrogens with zero attached hydrogens (tertiary/aromatic N) is 2. The van der Waals surface area contributed by atoms with Crippen molar-refractivity contribution in [1.29, 1.82) is 0 Å². The number of hydrogen-bond donors (Lipinski definition) is 2. The van der Waals surface area contributed by atoms with Gasteiger partial charge in [-0.05, 0) is 40.5 Å². The minimum Gasteiger partial charge on any atom is -0.331 e. The highest BCUT2D eigenvalue weighted by molar-refractivity contribution is 9.11. The van der Waals surface area contributed by atoms with E-state index >= 15 is 0 Å². The summed E-state index contributed by atoms with van der Waals surface area (Å²) in [5, 5.41) is 5.77. The molecule has 2 aromatic carbocycles. The van der Waals surface area contributed by atoms with E-state index in [0.717, 1.165) is 11.1 Å². The average Bonchev–Trinajstić information content (AvgIpc) is 3.03. The molecule has 2 heterocycles. The highest BCUT2D eigenvalue weighted by Gasteiger charge is 2.46. The average molecular weight is 461 g/mol. The van der Waals surface area contributed by atoms with Crippen LogP contribution in [0.15, 0.2) is 74.6 Å². The summed E-state index contributed by atoms with van der Waals surface area (Å²) in [4.78, 5) is 14.4. The first kappa shape index (κ1) is 18.7. The number of sulfonamides is 1. The van der Waals surface area contributed by atoms with Gasteiger partial charge in [-0.1, -0.05) is 48.0 Å². The fraction of sp³-hybridized carbons (Fsp3) is 0.158. The van der Waals surface area contributed by atoms with E-state index in [0.29, 0.717) is 4.48 Å². The van der Waals surface area contributed by atoms with Gasteiger partial charge in [-0.3, -0.25) is 4.79 Å². The Kier molecular flexibility index (Phi) is 4.72. The first-order chi connectivity index (χ1) is 13.4. The van der Waals surface area contributed by atoms with Crippen molar-refractivity contribution in [2.45, 2.75) is 24.0 Å². The van der Waals surface area contributed by atoms with E-state index in [4.69, 9.17) is 0 Å². The van der Waals surface area contributed by atoms with E-state index in [1.165, 1.54) is 12.1 Å². The largest absolute Gasteiger partial charge is 0.331 e. The summed E-state index contributed by atoms with van der Waals surface area (Å²) in [7, 11) is -3.96. The normalized spacial score (nSPS) is 23.1. The number of aryl methyl sites for hydroxylation is 1. The summed E-state index contributed by atoms with van der Waals surface area (Å²) >= 11 is 3.42. The second kappa shape index (κ2) is 7.06. The molecule has 0 spiro atoms. The van der Waals surface area contributed by atoms with Crippen LogP contribution in [0.1, 0.15) is 17.2 Å². The molecule has 0 aromatic heterocycles. The van der Waals surface area contributed by atoms with Gasteiger partial charge in [0.15, 0.2) is 0 Å². The molecule has 1 amide bonds. The van der Waals surface area contributed by atoms with Gasteiger partial charge < -0.3 is 15.5 Å². The van der Waals surface area contributed by atoms with Crippen LogP contribution in [0.25, 0.3) is 0 Å². The van der Waals surface area contributed by atoms with Gasteiger partial charge in [0, 0.05) is 6.20 Å². The SMILES string of the molecule is Cc1ccc(S(=O)(=O)/N=C2\NC=C(Br)C3NC(=O)C(c4ccccc4)N23)cc1. The molecular formula is C19H17BrN4O3S. The molecule has 4 rings (SSSR count). The Hall–Kier alpha value is -2.65. The maximum atomic E-state index is 12.8. The predicted octanol–water partition coefficient (Wildman–Crippen LogP) is 2.38. The lowest BCUT2D eigenvalue weighted by Gasteiger charge is -2.33. The number of fused-ring (bicyclic) bond motifs is 1. The molecule has 0 saturated carbocycles. The van der Waals surface area contributed by atoms with Gasteiger partial charge in [-0.25, -0.2) is 0 Å². The lowest BCUT2D eigenvalue weighted by Crippen LogP contribution is -2.50. The van der Waals surface area contributed by atoms with E-state index < -0.39 is 22.2 Å². The van der Waals surface area contributed by atoms with E-state index in [-0.39, 0.29) is 16.8 Å². The van der Waals surface area contributed by atoms with Gasteiger partial charge in [0.2, 0.25) is 11.9 Å². The third-order valence-electron chi connectivity index (χ3n) is 4.57. The maximum absolute atomic E-state index is 12.8. The molecule has 0 aliphatic carbocycles. The minimum atomic E-state index is -3.96. The quantitative estimate of drug-likeness (QED) is 0.733. The van der Waals surface area contributed by atoms with Crippen LogP contribution >= 0.6 is 15.9 Å². The topological polar surface area (TPSA) is 90.9 Å². The van der Waals surface area contributed by atoms with Crippen LogP contribution in [0.5, 0.6) is 0 Å². The van der Waals surface area contributed by atoms with Crippen LogP contribution in [0.4, 0.5) is 0 Å². The summed E-state index contributed by atoms with van der Waals surface area (Å²) in [5.74, 6) is -0.147. The fourth-order valence-corrected chi connectivity index (χ4v) is 4.60. The predicted molar refractivity (Wildman–Crippen MR) is 109 cm³/mol. The molecule has 7 nitrogen and oxygen atoms in total. The smallest absolute Gasteiger partial charge is 0.285 e. The third-order valence-corrected chi connectivity index (χ3v) is 6.51. The number of hydrogen-bond acceptors (Lipinski definition) is 3. The number of carbonyl (C=O) groups is 1. The number of guanidine groups is 1. The number of nitrogens with one attached hydrogen (secondary N) is 2. The lowest BCUT2D eigenvalue weighted by molar-refractivity contribution is -0.121. The van der Waals surface area contributed by atoms with Gasteiger partial charge in [0.05, 0.1) is 9.38 Å². The standard InChI is InChI=1S/C19H17BrN4O3S/c1-12-7-9-14(10-8-12)28(26,27)23-19-21-11-15(20)17-22-18(25)16(24(17)19)13-5-3-2-4-6-13/h2-11,16-17H,1H3,(H,21,23)(H,22,25). The molecule has 2 unspecified atom stereocenters. The first-order valence-electron chi connectivity index (χ1n) is 8.54. The van der Waals surface area contributed by atoms with E-state index in [1.807, 2.05) is 37.3 Å². The summed E-state index contributed by atoms with van der Waals surface area (Å²) in [6.07, 6.45) is 1.05. The molecule has 1 saturated heterocycles. The zero-order chi connectivity index (χ0) is 19.9. The number of benzene rings is 2. The van der Waals surface area contributed by atoms with E-state index in [1.54, 1.807) is 23.2 Å². The molecule has 144 valence electrons. The Morgan fingerprint density at radius 1 is 1.07 bits per heavy atom. The van der Waals surface area contributed by atoms with Gasteiger partial charge >= 0.3 is 0 Å². The highest BCUT2D eigenvalue weighted by Crippen LogP contribution is 2.34. The molecular weight excluding hydrogens is 444 g/mol. The molecule has 2 aliphatic rings. The molecule has 9 heteroatoms. The lowest BCUT2D eigenvalue weighted by atomic mass is 10.1. The minimum absolute atomic E-state index is 0.0842. The van der Waals surface area contributed by atoms with Gasteiger partial charge in [-0.2, -0.15) is 8.42 Å². The Morgan fingerprint density at radius 2 is 1.75 bits per heavy atom. The zero-order valence-electron chi connectivity index (χ0n) is 14.8. The van der Waals surface area contributed by atoms with Crippen LogP contribution < -0.4 is 10.6 Å². The fourth-order valence-electron chi connectivity index (χ4n) is 3.19.